The summed E-state index contributed by atoms with van der Waals surface area (Å²) in [6.07, 6.45) is 6.82. The molecule has 3 heteroatoms. The number of nitrogens with one attached hydrogen (secondary N) is 1. The summed E-state index contributed by atoms with van der Waals surface area (Å²) < 4.78 is 5.94. The van der Waals surface area contributed by atoms with Crippen molar-refractivity contribution in [2.75, 3.05) is 13.1 Å². The van der Waals surface area contributed by atoms with Crippen LogP contribution < -0.4 is 5.32 Å². The molecule has 2 saturated carbocycles. The number of furan rings is 1. The van der Waals surface area contributed by atoms with Gasteiger partial charge in [-0.15, -0.1) is 0 Å². The lowest BCUT2D eigenvalue weighted by molar-refractivity contribution is 0.222. The summed E-state index contributed by atoms with van der Waals surface area (Å²) in [5.41, 5.74) is 0. The van der Waals surface area contributed by atoms with Crippen LogP contribution in [0.3, 0.4) is 0 Å². The van der Waals surface area contributed by atoms with Gasteiger partial charge in [-0.1, -0.05) is 6.92 Å². The molecule has 3 rings (SSSR count). The Morgan fingerprint density at radius 1 is 1.21 bits per heavy atom. The van der Waals surface area contributed by atoms with Crippen LogP contribution in [0, 0.1) is 5.92 Å². The zero-order valence-corrected chi connectivity index (χ0v) is 12.0. The van der Waals surface area contributed by atoms with Gasteiger partial charge in [0, 0.05) is 12.6 Å². The Labute approximate surface area is 116 Å². The molecule has 0 bridgehead atoms. The quantitative estimate of drug-likeness (QED) is 0.693. The maximum atomic E-state index is 5.94. The van der Waals surface area contributed by atoms with E-state index in [0.29, 0.717) is 0 Å². The van der Waals surface area contributed by atoms with Crippen molar-refractivity contribution in [2.24, 2.45) is 5.92 Å². The standard InChI is InChI=1S/C16H26N2O/c1-2-9-17-10-15-7-8-16(19-15)12-18(14-5-6-14)11-13-3-4-13/h7-8,13-14,17H,2-6,9-12H2,1H3. The van der Waals surface area contributed by atoms with Crippen LogP contribution in [0.2, 0.25) is 0 Å². The fraction of sp³-hybridized carbons (Fsp3) is 0.750. The first-order valence-corrected chi connectivity index (χ1v) is 7.87. The van der Waals surface area contributed by atoms with Gasteiger partial charge in [-0.3, -0.25) is 4.90 Å². The van der Waals surface area contributed by atoms with E-state index < -0.39 is 0 Å². The summed E-state index contributed by atoms with van der Waals surface area (Å²) in [7, 11) is 0. The molecule has 0 aromatic carbocycles. The number of hydrogen-bond donors (Lipinski definition) is 1. The largest absolute Gasteiger partial charge is 0.463 e. The Morgan fingerprint density at radius 2 is 2.00 bits per heavy atom. The Hall–Kier alpha value is -0.800. The highest BCUT2D eigenvalue weighted by molar-refractivity contribution is 5.08. The number of hydrogen-bond acceptors (Lipinski definition) is 3. The van der Waals surface area contributed by atoms with Gasteiger partial charge >= 0.3 is 0 Å². The maximum Gasteiger partial charge on any atom is 0.118 e. The molecule has 0 saturated heterocycles. The molecule has 3 nitrogen and oxygen atoms in total. The molecule has 1 N–H and O–H groups in total. The van der Waals surface area contributed by atoms with Crippen LogP contribution in [-0.4, -0.2) is 24.0 Å². The van der Waals surface area contributed by atoms with Gasteiger partial charge in [0.05, 0.1) is 13.1 Å². The molecule has 0 atom stereocenters. The van der Waals surface area contributed by atoms with Crippen molar-refractivity contribution in [3.63, 3.8) is 0 Å². The van der Waals surface area contributed by atoms with Crippen molar-refractivity contribution < 1.29 is 4.42 Å². The Kier molecular flexibility index (Phi) is 4.24. The molecular formula is C16H26N2O. The first kappa shape index (κ1) is 13.2. The van der Waals surface area contributed by atoms with Gasteiger partial charge in [0.1, 0.15) is 11.5 Å². The van der Waals surface area contributed by atoms with E-state index in [0.717, 1.165) is 43.1 Å². The molecule has 0 amide bonds. The van der Waals surface area contributed by atoms with E-state index in [1.165, 1.54) is 38.6 Å². The van der Waals surface area contributed by atoms with Crippen molar-refractivity contribution in [1.29, 1.82) is 0 Å². The van der Waals surface area contributed by atoms with Crippen LogP contribution in [0.5, 0.6) is 0 Å². The molecule has 2 aliphatic carbocycles. The smallest absolute Gasteiger partial charge is 0.118 e. The molecule has 1 heterocycles. The van der Waals surface area contributed by atoms with Gasteiger partial charge < -0.3 is 9.73 Å². The van der Waals surface area contributed by atoms with E-state index >= 15 is 0 Å². The third-order valence-corrected chi connectivity index (χ3v) is 4.06. The predicted molar refractivity (Wildman–Crippen MR) is 76.9 cm³/mol. The fourth-order valence-corrected chi connectivity index (χ4v) is 2.61. The minimum Gasteiger partial charge on any atom is -0.463 e. The average molecular weight is 262 g/mol. The van der Waals surface area contributed by atoms with Crippen LogP contribution in [0.4, 0.5) is 0 Å². The van der Waals surface area contributed by atoms with Gasteiger partial charge in [0.15, 0.2) is 0 Å². The summed E-state index contributed by atoms with van der Waals surface area (Å²) in [5, 5.41) is 3.39. The summed E-state index contributed by atoms with van der Waals surface area (Å²) in [6, 6.07) is 5.12. The minimum absolute atomic E-state index is 0.840. The van der Waals surface area contributed by atoms with Crippen LogP contribution in [0.25, 0.3) is 0 Å². The number of rotatable bonds is 9. The topological polar surface area (TPSA) is 28.4 Å². The van der Waals surface area contributed by atoms with E-state index in [1.54, 1.807) is 0 Å². The molecule has 106 valence electrons. The first-order chi connectivity index (χ1) is 9.35. The van der Waals surface area contributed by atoms with E-state index in [-0.39, 0.29) is 0 Å². The van der Waals surface area contributed by atoms with Crippen molar-refractivity contribution in [3.05, 3.63) is 23.7 Å². The maximum absolute atomic E-state index is 5.94. The molecule has 19 heavy (non-hydrogen) atoms. The second-order valence-corrected chi connectivity index (χ2v) is 6.15. The van der Waals surface area contributed by atoms with Crippen molar-refractivity contribution in [2.45, 2.75) is 58.2 Å². The summed E-state index contributed by atoms with van der Waals surface area (Å²) in [5.74, 6) is 3.19. The zero-order valence-electron chi connectivity index (χ0n) is 12.0. The molecule has 2 fully saturated rings. The van der Waals surface area contributed by atoms with E-state index in [1.807, 2.05) is 0 Å². The molecule has 1 aromatic rings. The number of nitrogens with zero attached hydrogens (tertiary/aromatic N) is 1. The van der Waals surface area contributed by atoms with Crippen LogP contribution in [0.15, 0.2) is 16.5 Å². The zero-order chi connectivity index (χ0) is 13.1. The predicted octanol–water partition coefficient (Wildman–Crippen LogP) is 3.15. The molecule has 0 unspecified atom stereocenters. The third kappa shape index (κ3) is 4.08. The highest BCUT2D eigenvalue weighted by atomic mass is 16.3. The van der Waals surface area contributed by atoms with Crippen molar-refractivity contribution in [1.82, 2.24) is 10.2 Å². The van der Waals surface area contributed by atoms with Gasteiger partial charge in [-0.25, -0.2) is 0 Å². The normalized spacial score (nSPS) is 19.3. The average Bonchev–Trinajstić information content (AvgIpc) is 3.30. The summed E-state index contributed by atoms with van der Waals surface area (Å²) >= 11 is 0. The SMILES string of the molecule is CCCNCc1ccc(CN(CC2CC2)C2CC2)o1. The molecular weight excluding hydrogens is 236 g/mol. The highest BCUT2D eigenvalue weighted by Crippen LogP contribution is 2.35. The molecule has 2 aliphatic rings. The highest BCUT2D eigenvalue weighted by Gasteiger charge is 2.33. The Balaban J connectivity index is 1.49. The lowest BCUT2D eigenvalue weighted by atomic mass is 10.3. The van der Waals surface area contributed by atoms with Crippen molar-refractivity contribution in [3.8, 4) is 0 Å². The first-order valence-electron chi connectivity index (χ1n) is 7.87. The minimum atomic E-state index is 0.840. The summed E-state index contributed by atoms with van der Waals surface area (Å²) in [4.78, 5) is 2.64. The van der Waals surface area contributed by atoms with Crippen molar-refractivity contribution >= 4 is 0 Å². The van der Waals surface area contributed by atoms with E-state index in [9.17, 15) is 0 Å². The van der Waals surface area contributed by atoms with Gasteiger partial charge in [-0.2, -0.15) is 0 Å². The molecule has 0 aliphatic heterocycles. The summed E-state index contributed by atoms with van der Waals surface area (Å²) in [6.45, 7) is 6.40. The lowest BCUT2D eigenvalue weighted by Gasteiger charge is -2.20. The van der Waals surface area contributed by atoms with Gasteiger partial charge in [0.25, 0.3) is 0 Å². The fourth-order valence-electron chi connectivity index (χ4n) is 2.61. The lowest BCUT2D eigenvalue weighted by Crippen LogP contribution is -2.27. The van der Waals surface area contributed by atoms with Gasteiger partial charge in [-0.05, 0) is 56.7 Å². The van der Waals surface area contributed by atoms with Crippen LogP contribution >= 0.6 is 0 Å². The second kappa shape index (κ2) is 6.10. The third-order valence-electron chi connectivity index (χ3n) is 4.06. The monoisotopic (exact) mass is 262 g/mol. The molecule has 1 aromatic heterocycles. The van der Waals surface area contributed by atoms with Gasteiger partial charge in [0.2, 0.25) is 0 Å². The van der Waals surface area contributed by atoms with Crippen LogP contribution in [0.1, 0.15) is 50.5 Å². The Morgan fingerprint density at radius 3 is 2.68 bits per heavy atom. The molecule has 0 radical (unpaired) electrons. The second-order valence-electron chi connectivity index (χ2n) is 6.15. The van der Waals surface area contributed by atoms with E-state index in [4.69, 9.17) is 4.42 Å². The van der Waals surface area contributed by atoms with Crippen LogP contribution in [-0.2, 0) is 13.1 Å². The Bertz CT molecular complexity index is 393. The molecule has 0 spiro atoms. The van der Waals surface area contributed by atoms with E-state index in [2.05, 4.69) is 29.3 Å².